The molecule has 0 spiro atoms. The van der Waals surface area contributed by atoms with Gasteiger partial charge < -0.3 is 14.2 Å². The lowest BCUT2D eigenvalue weighted by atomic mass is 9.70. The number of nitrogens with zero attached hydrogens (tertiary/aromatic N) is 1. The van der Waals surface area contributed by atoms with Crippen LogP contribution in [0, 0.1) is 5.41 Å². The van der Waals surface area contributed by atoms with Crippen molar-refractivity contribution in [3.63, 3.8) is 0 Å². The van der Waals surface area contributed by atoms with Gasteiger partial charge in [-0.15, -0.1) is 0 Å². The largest absolute Gasteiger partial charge is 0.497 e. The van der Waals surface area contributed by atoms with Crippen LogP contribution in [0.1, 0.15) is 31.2 Å². The molecule has 0 aliphatic carbocycles. The number of ether oxygens (including phenoxy) is 3. The van der Waals surface area contributed by atoms with E-state index < -0.39 is 17.4 Å². The van der Waals surface area contributed by atoms with Gasteiger partial charge in [0.25, 0.3) is 0 Å². The predicted molar refractivity (Wildman–Crippen MR) is 96.1 cm³/mol. The zero-order valence-corrected chi connectivity index (χ0v) is 15.9. The van der Waals surface area contributed by atoms with Gasteiger partial charge in [-0.3, -0.25) is 19.3 Å². The average Bonchev–Trinajstić information content (AvgIpc) is 3.00. The van der Waals surface area contributed by atoms with Crippen LogP contribution >= 0.6 is 0 Å². The number of esters is 2. The summed E-state index contributed by atoms with van der Waals surface area (Å²) < 4.78 is 15.0. The molecule has 2 fully saturated rings. The fraction of sp³-hybridized carbons (Fsp3) is 0.550. The van der Waals surface area contributed by atoms with Crippen LogP contribution in [0.15, 0.2) is 24.3 Å². The Kier molecular flexibility index (Phi) is 5.51. The summed E-state index contributed by atoms with van der Waals surface area (Å²) in [5, 5.41) is 0. The normalized spacial score (nSPS) is 27.3. The van der Waals surface area contributed by atoms with Gasteiger partial charge in [-0.25, -0.2) is 0 Å². The predicted octanol–water partition coefficient (Wildman–Crippen LogP) is 1.72. The number of hydrogen-bond donors (Lipinski definition) is 0. The van der Waals surface area contributed by atoms with Crippen LogP contribution in [0.25, 0.3) is 0 Å². The van der Waals surface area contributed by atoms with Crippen LogP contribution in [0.3, 0.4) is 0 Å². The molecule has 0 saturated carbocycles. The summed E-state index contributed by atoms with van der Waals surface area (Å²) in [6, 6.07) is 7.38. The van der Waals surface area contributed by atoms with Crippen molar-refractivity contribution < 1.29 is 28.6 Å². The molecule has 3 atom stereocenters. The zero-order valence-electron chi connectivity index (χ0n) is 15.9. The van der Waals surface area contributed by atoms with Gasteiger partial charge in [0.1, 0.15) is 5.75 Å². The van der Waals surface area contributed by atoms with Crippen molar-refractivity contribution in [3.8, 4) is 5.75 Å². The van der Waals surface area contributed by atoms with Gasteiger partial charge >= 0.3 is 11.9 Å². The number of piperidine rings is 1. The Morgan fingerprint density at radius 3 is 2.63 bits per heavy atom. The average molecular weight is 375 g/mol. The third kappa shape index (κ3) is 3.32. The molecule has 2 bridgehead atoms. The van der Waals surface area contributed by atoms with Crippen LogP contribution in [0.2, 0.25) is 0 Å². The Bertz CT molecular complexity index is 748. The number of carbonyl (C=O) groups excluding carboxylic acids is 3. The van der Waals surface area contributed by atoms with E-state index in [1.54, 1.807) is 7.11 Å². The Balaban J connectivity index is 1.96. The number of fused-ring (bicyclic) bond motifs is 2. The van der Waals surface area contributed by atoms with Crippen molar-refractivity contribution in [2.75, 3.05) is 21.3 Å². The lowest BCUT2D eigenvalue weighted by molar-refractivity contribution is -0.172. The molecule has 0 N–H and O–H groups in total. The van der Waals surface area contributed by atoms with E-state index in [9.17, 15) is 14.4 Å². The molecule has 146 valence electrons. The van der Waals surface area contributed by atoms with Gasteiger partial charge in [0.2, 0.25) is 0 Å². The molecule has 7 heteroatoms. The molecule has 1 aromatic carbocycles. The first-order chi connectivity index (χ1) is 13.0. The van der Waals surface area contributed by atoms with Gasteiger partial charge in [0.05, 0.1) is 27.8 Å². The number of methoxy groups -OCH3 is 3. The van der Waals surface area contributed by atoms with Crippen molar-refractivity contribution in [2.24, 2.45) is 5.41 Å². The molecular weight excluding hydrogens is 350 g/mol. The number of rotatable bonds is 6. The summed E-state index contributed by atoms with van der Waals surface area (Å²) in [5.74, 6) is -0.713. The molecule has 2 heterocycles. The van der Waals surface area contributed by atoms with Crippen molar-refractivity contribution in [3.05, 3.63) is 29.8 Å². The van der Waals surface area contributed by atoms with Gasteiger partial charge in [0.15, 0.2) is 11.2 Å². The molecule has 2 aliphatic heterocycles. The van der Waals surface area contributed by atoms with E-state index >= 15 is 0 Å². The molecule has 1 aromatic rings. The maximum atomic E-state index is 13.0. The zero-order chi connectivity index (χ0) is 19.6. The Labute approximate surface area is 158 Å². The minimum absolute atomic E-state index is 0.0594. The molecule has 0 amide bonds. The number of benzene rings is 1. The Morgan fingerprint density at radius 1 is 1.19 bits per heavy atom. The summed E-state index contributed by atoms with van der Waals surface area (Å²) in [6.07, 6.45) is 1.40. The second-order valence-electron chi connectivity index (χ2n) is 7.11. The van der Waals surface area contributed by atoms with E-state index in [1.807, 2.05) is 24.3 Å². The summed E-state index contributed by atoms with van der Waals surface area (Å²) in [4.78, 5) is 39.9. The number of hydrogen-bond acceptors (Lipinski definition) is 7. The molecule has 0 radical (unpaired) electrons. The highest BCUT2D eigenvalue weighted by Crippen LogP contribution is 2.48. The summed E-state index contributed by atoms with van der Waals surface area (Å²) >= 11 is 0. The van der Waals surface area contributed by atoms with Crippen molar-refractivity contribution >= 4 is 17.7 Å². The first-order valence-corrected chi connectivity index (χ1v) is 9.03. The van der Waals surface area contributed by atoms with Gasteiger partial charge in [0, 0.05) is 25.0 Å². The molecule has 2 aliphatic rings. The second-order valence-corrected chi connectivity index (χ2v) is 7.11. The molecule has 0 unspecified atom stereocenters. The van der Waals surface area contributed by atoms with Gasteiger partial charge in [-0.2, -0.15) is 0 Å². The van der Waals surface area contributed by atoms with E-state index in [0.29, 0.717) is 13.0 Å². The highest BCUT2D eigenvalue weighted by molar-refractivity contribution is 6.08. The molecular formula is C20H25NO6. The SMILES string of the molecule is COC(=O)C[C@]1(C(=O)OC)C(=O)C[C@@H]2CC[C@H]1N2Cc1cccc(OC)c1. The maximum absolute atomic E-state index is 13.0. The summed E-state index contributed by atoms with van der Waals surface area (Å²) in [5.41, 5.74) is -0.481. The number of Topliss-reactive ketones (excluding diaryl/α,β-unsaturated/α-hetero) is 1. The summed E-state index contributed by atoms with van der Waals surface area (Å²) in [7, 11) is 4.12. The second kappa shape index (κ2) is 7.68. The van der Waals surface area contributed by atoms with Crippen molar-refractivity contribution in [1.29, 1.82) is 0 Å². The van der Waals surface area contributed by atoms with Crippen LogP contribution < -0.4 is 4.74 Å². The molecule has 3 rings (SSSR count). The molecule has 27 heavy (non-hydrogen) atoms. The smallest absolute Gasteiger partial charge is 0.321 e. The quantitative estimate of drug-likeness (QED) is 0.553. The van der Waals surface area contributed by atoms with E-state index in [0.717, 1.165) is 17.7 Å². The molecule has 7 nitrogen and oxygen atoms in total. The number of ketones is 1. The topological polar surface area (TPSA) is 82.1 Å². The minimum Gasteiger partial charge on any atom is -0.497 e. The van der Waals surface area contributed by atoms with Crippen molar-refractivity contribution in [2.45, 2.75) is 44.3 Å². The third-order valence-electron chi connectivity index (χ3n) is 5.83. The molecule has 2 saturated heterocycles. The highest BCUT2D eigenvalue weighted by Gasteiger charge is 2.62. The minimum atomic E-state index is -1.51. The van der Waals surface area contributed by atoms with E-state index in [1.165, 1.54) is 14.2 Å². The monoisotopic (exact) mass is 375 g/mol. The lowest BCUT2D eigenvalue weighted by Crippen LogP contribution is -2.60. The Morgan fingerprint density at radius 2 is 1.96 bits per heavy atom. The lowest BCUT2D eigenvalue weighted by Gasteiger charge is -2.45. The van der Waals surface area contributed by atoms with E-state index in [2.05, 4.69) is 4.90 Å². The van der Waals surface area contributed by atoms with E-state index in [-0.39, 0.29) is 30.7 Å². The van der Waals surface area contributed by atoms with Crippen molar-refractivity contribution in [1.82, 2.24) is 4.90 Å². The third-order valence-corrected chi connectivity index (χ3v) is 5.83. The summed E-state index contributed by atoms with van der Waals surface area (Å²) in [6.45, 7) is 0.569. The highest BCUT2D eigenvalue weighted by atomic mass is 16.5. The first kappa shape index (κ1) is 19.4. The van der Waals surface area contributed by atoms with Crippen LogP contribution in [0.4, 0.5) is 0 Å². The Hall–Kier alpha value is -2.41. The standard InChI is InChI=1S/C20H25NO6/c1-25-15-6-4-5-13(9-15)12-21-14-7-8-16(21)20(17(22)10-14,19(24)27-3)11-18(23)26-2/h4-6,9,14,16H,7-8,10-12H2,1-3H3/t14-,16+,20+/m0/s1. The fourth-order valence-electron chi connectivity index (χ4n) is 4.51. The van der Waals surface area contributed by atoms with Gasteiger partial charge in [-0.05, 0) is 30.5 Å². The van der Waals surface area contributed by atoms with E-state index in [4.69, 9.17) is 14.2 Å². The van der Waals surface area contributed by atoms with Gasteiger partial charge in [-0.1, -0.05) is 12.1 Å². The number of carbonyl (C=O) groups is 3. The maximum Gasteiger partial charge on any atom is 0.321 e. The first-order valence-electron chi connectivity index (χ1n) is 9.03. The van der Waals surface area contributed by atoms with Crippen LogP contribution in [-0.4, -0.2) is 56.0 Å². The molecule has 0 aromatic heterocycles. The van der Waals surface area contributed by atoms with Crippen LogP contribution in [0.5, 0.6) is 5.75 Å². The van der Waals surface area contributed by atoms with Crippen LogP contribution in [-0.2, 0) is 30.4 Å². The fourth-order valence-corrected chi connectivity index (χ4v) is 4.51.